The van der Waals surface area contributed by atoms with Gasteiger partial charge in [0.2, 0.25) is 0 Å². The Morgan fingerprint density at radius 3 is 2.62 bits per heavy atom. The Kier molecular flexibility index (Phi) is 3.41. The zero-order valence-electron chi connectivity index (χ0n) is 11.1. The Bertz CT molecular complexity index is 715. The number of benzene rings is 2. The number of nitrogens with zero attached hydrogens (tertiary/aromatic N) is 1. The highest BCUT2D eigenvalue weighted by Crippen LogP contribution is 2.28. The zero-order chi connectivity index (χ0) is 15.0. The van der Waals surface area contributed by atoms with Gasteiger partial charge in [-0.1, -0.05) is 6.07 Å². The van der Waals surface area contributed by atoms with Crippen molar-refractivity contribution in [3.8, 4) is 0 Å². The summed E-state index contributed by atoms with van der Waals surface area (Å²) in [6.07, 6.45) is 0.737. The summed E-state index contributed by atoms with van der Waals surface area (Å²) >= 11 is 0. The Hall–Kier alpha value is -2.30. The van der Waals surface area contributed by atoms with E-state index in [0.717, 1.165) is 24.1 Å². The van der Waals surface area contributed by atoms with Crippen molar-refractivity contribution < 1.29 is 18.0 Å². The molecule has 2 aromatic carbocycles. The summed E-state index contributed by atoms with van der Waals surface area (Å²) in [7, 11) is 0. The second-order valence-electron chi connectivity index (χ2n) is 5.00. The van der Waals surface area contributed by atoms with E-state index in [9.17, 15) is 18.0 Å². The van der Waals surface area contributed by atoms with Crippen LogP contribution in [0.1, 0.15) is 15.9 Å². The Labute approximate surface area is 119 Å². The standard InChI is InChI=1S/C16H12F3NO/c17-12-3-1-10-5-6-20(15(10)8-12)9-16(21)11-2-4-13(18)14(19)7-11/h1-4,7-8H,5-6,9H2. The van der Waals surface area contributed by atoms with E-state index in [4.69, 9.17) is 0 Å². The molecule has 0 unspecified atom stereocenters. The van der Waals surface area contributed by atoms with E-state index >= 15 is 0 Å². The van der Waals surface area contributed by atoms with Crippen LogP contribution in [0.5, 0.6) is 0 Å². The molecule has 1 aliphatic rings. The molecule has 0 radical (unpaired) electrons. The summed E-state index contributed by atoms with van der Waals surface area (Å²) in [6, 6.07) is 7.55. The molecular weight excluding hydrogens is 279 g/mol. The second kappa shape index (κ2) is 5.24. The van der Waals surface area contributed by atoms with E-state index in [0.29, 0.717) is 12.2 Å². The minimum Gasteiger partial charge on any atom is -0.363 e. The predicted octanol–water partition coefficient (Wildman–Crippen LogP) is 3.35. The third-order valence-corrected chi connectivity index (χ3v) is 3.62. The molecule has 0 bridgehead atoms. The number of carbonyl (C=O) groups is 1. The summed E-state index contributed by atoms with van der Waals surface area (Å²) in [5, 5.41) is 0. The number of hydrogen-bond donors (Lipinski definition) is 0. The second-order valence-corrected chi connectivity index (χ2v) is 5.00. The van der Waals surface area contributed by atoms with Crippen molar-refractivity contribution in [3.05, 3.63) is 65.0 Å². The van der Waals surface area contributed by atoms with Gasteiger partial charge in [-0.15, -0.1) is 0 Å². The number of carbonyl (C=O) groups excluding carboxylic acids is 1. The molecule has 21 heavy (non-hydrogen) atoms. The van der Waals surface area contributed by atoms with Crippen molar-refractivity contribution in [1.29, 1.82) is 0 Å². The van der Waals surface area contributed by atoms with Gasteiger partial charge in [0.15, 0.2) is 17.4 Å². The van der Waals surface area contributed by atoms with Gasteiger partial charge in [0.25, 0.3) is 0 Å². The molecule has 0 spiro atoms. The third-order valence-electron chi connectivity index (χ3n) is 3.62. The molecule has 0 amide bonds. The highest BCUT2D eigenvalue weighted by atomic mass is 19.2. The number of fused-ring (bicyclic) bond motifs is 1. The molecule has 0 N–H and O–H groups in total. The van der Waals surface area contributed by atoms with Gasteiger partial charge >= 0.3 is 0 Å². The van der Waals surface area contributed by atoms with Crippen LogP contribution in [-0.2, 0) is 6.42 Å². The van der Waals surface area contributed by atoms with Crippen molar-refractivity contribution >= 4 is 11.5 Å². The molecule has 1 heterocycles. The van der Waals surface area contributed by atoms with Crippen LogP contribution < -0.4 is 4.90 Å². The van der Waals surface area contributed by atoms with Crippen LogP contribution in [0, 0.1) is 17.5 Å². The Balaban J connectivity index is 1.80. The lowest BCUT2D eigenvalue weighted by molar-refractivity contribution is 0.0999. The highest BCUT2D eigenvalue weighted by Gasteiger charge is 2.22. The predicted molar refractivity (Wildman–Crippen MR) is 73.0 cm³/mol. The quantitative estimate of drug-likeness (QED) is 0.808. The molecular formula is C16H12F3NO. The zero-order valence-corrected chi connectivity index (χ0v) is 11.1. The summed E-state index contributed by atoms with van der Waals surface area (Å²) < 4.78 is 39.3. The number of hydrogen-bond acceptors (Lipinski definition) is 2. The molecule has 2 aromatic rings. The fourth-order valence-electron chi connectivity index (χ4n) is 2.52. The van der Waals surface area contributed by atoms with Gasteiger partial charge in [0, 0.05) is 17.8 Å². The molecule has 0 aromatic heterocycles. The van der Waals surface area contributed by atoms with Crippen molar-refractivity contribution in [3.63, 3.8) is 0 Å². The average molecular weight is 291 g/mol. The van der Waals surface area contributed by atoms with Gasteiger partial charge < -0.3 is 4.90 Å². The Morgan fingerprint density at radius 1 is 1.05 bits per heavy atom. The number of Topliss-reactive ketones (excluding diaryl/α,β-unsaturated/α-hetero) is 1. The minimum absolute atomic E-state index is 0.0154. The van der Waals surface area contributed by atoms with E-state index < -0.39 is 11.6 Å². The SMILES string of the molecule is O=C(CN1CCc2ccc(F)cc21)c1ccc(F)c(F)c1. The molecule has 0 aliphatic carbocycles. The van der Waals surface area contributed by atoms with Crippen LogP contribution in [0.4, 0.5) is 18.9 Å². The van der Waals surface area contributed by atoms with E-state index in [1.807, 2.05) is 0 Å². The van der Waals surface area contributed by atoms with Gasteiger partial charge in [0.05, 0.1) is 6.54 Å². The lowest BCUT2D eigenvalue weighted by atomic mass is 10.1. The van der Waals surface area contributed by atoms with Crippen molar-refractivity contribution in [2.75, 3.05) is 18.0 Å². The maximum atomic E-state index is 13.3. The summed E-state index contributed by atoms with van der Waals surface area (Å²) in [5.41, 5.74) is 1.78. The summed E-state index contributed by atoms with van der Waals surface area (Å²) in [4.78, 5) is 13.9. The molecule has 0 fully saturated rings. The largest absolute Gasteiger partial charge is 0.363 e. The van der Waals surface area contributed by atoms with Crippen LogP contribution in [0.2, 0.25) is 0 Å². The normalized spacial score (nSPS) is 13.4. The van der Waals surface area contributed by atoms with Crippen molar-refractivity contribution in [2.45, 2.75) is 6.42 Å². The highest BCUT2D eigenvalue weighted by molar-refractivity contribution is 5.99. The first kappa shape index (κ1) is 13.7. The topological polar surface area (TPSA) is 20.3 Å². The number of ketones is 1. The molecule has 0 saturated heterocycles. The third kappa shape index (κ3) is 2.63. The van der Waals surface area contributed by atoms with Gasteiger partial charge in [-0.2, -0.15) is 0 Å². The lowest BCUT2D eigenvalue weighted by Crippen LogP contribution is -2.28. The average Bonchev–Trinajstić information content (AvgIpc) is 2.84. The van der Waals surface area contributed by atoms with Crippen molar-refractivity contribution in [2.24, 2.45) is 0 Å². The van der Waals surface area contributed by atoms with Gasteiger partial charge in [-0.05, 0) is 42.3 Å². The molecule has 1 aliphatic heterocycles. The fourth-order valence-corrected chi connectivity index (χ4v) is 2.52. The van der Waals surface area contributed by atoms with Gasteiger partial charge in [-0.25, -0.2) is 13.2 Å². The number of anilines is 1. The number of halogens is 3. The molecule has 2 nitrogen and oxygen atoms in total. The molecule has 108 valence electrons. The first-order valence-electron chi connectivity index (χ1n) is 6.56. The lowest BCUT2D eigenvalue weighted by Gasteiger charge is -2.18. The first-order chi connectivity index (χ1) is 10.0. The smallest absolute Gasteiger partial charge is 0.182 e. The molecule has 5 heteroatoms. The van der Waals surface area contributed by atoms with Gasteiger partial charge in [-0.3, -0.25) is 4.79 Å². The molecule has 0 atom stereocenters. The van der Waals surface area contributed by atoms with Crippen LogP contribution in [0.3, 0.4) is 0 Å². The van der Waals surface area contributed by atoms with Crippen LogP contribution in [0.25, 0.3) is 0 Å². The monoisotopic (exact) mass is 291 g/mol. The van der Waals surface area contributed by atoms with E-state index in [-0.39, 0.29) is 23.7 Å². The molecule has 0 saturated carbocycles. The van der Waals surface area contributed by atoms with E-state index in [1.54, 1.807) is 11.0 Å². The van der Waals surface area contributed by atoms with E-state index in [1.165, 1.54) is 18.2 Å². The maximum Gasteiger partial charge on any atom is 0.182 e. The van der Waals surface area contributed by atoms with Crippen LogP contribution >= 0.6 is 0 Å². The minimum atomic E-state index is -1.05. The summed E-state index contributed by atoms with van der Waals surface area (Å²) in [5.74, 6) is -2.72. The van der Waals surface area contributed by atoms with Crippen molar-refractivity contribution in [1.82, 2.24) is 0 Å². The Morgan fingerprint density at radius 2 is 1.86 bits per heavy atom. The van der Waals surface area contributed by atoms with E-state index in [2.05, 4.69) is 0 Å². The van der Waals surface area contributed by atoms with Gasteiger partial charge in [0.1, 0.15) is 5.82 Å². The molecule has 3 rings (SSSR count). The fraction of sp³-hybridized carbons (Fsp3) is 0.188. The maximum absolute atomic E-state index is 13.3. The number of rotatable bonds is 3. The van der Waals surface area contributed by atoms with Crippen LogP contribution in [-0.4, -0.2) is 18.9 Å². The van der Waals surface area contributed by atoms with Crippen LogP contribution in [0.15, 0.2) is 36.4 Å². The summed E-state index contributed by atoms with van der Waals surface area (Å²) in [6.45, 7) is 0.621. The first-order valence-corrected chi connectivity index (χ1v) is 6.56.